The van der Waals surface area contributed by atoms with Crippen molar-refractivity contribution in [2.45, 2.75) is 19.3 Å². The molecule has 0 unspecified atom stereocenters. The van der Waals surface area contributed by atoms with Crippen molar-refractivity contribution in [3.8, 4) is 11.4 Å². The molecule has 0 radical (unpaired) electrons. The van der Waals surface area contributed by atoms with Crippen molar-refractivity contribution in [2.24, 2.45) is 0 Å². The first-order chi connectivity index (χ1) is 14.1. The number of hydrogen-bond acceptors (Lipinski definition) is 4. The van der Waals surface area contributed by atoms with Gasteiger partial charge in [0.1, 0.15) is 0 Å². The van der Waals surface area contributed by atoms with Crippen LogP contribution in [0.5, 0.6) is 0 Å². The summed E-state index contributed by atoms with van der Waals surface area (Å²) in [4.78, 5) is 37.9. The third-order valence-electron chi connectivity index (χ3n) is 5.57. The Bertz CT molecular complexity index is 1300. The van der Waals surface area contributed by atoms with Crippen molar-refractivity contribution in [3.05, 3.63) is 58.4 Å². The maximum Gasteiger partial charge on any atom is 0.276 e. The van der Waals surface area contributed by atoms with E-state index in [1.54, 1.807) is 18.2 Å². The van der Waals surface area contributed by atoms with Gasteiger partial charge in [0.25, 0.3) is 11.5 Å². The van der Waals surface area contributed by atoms with Crippen molar-refractivity contribution >= 4 is 33.5 Å². The fourth-order valence-corrected chi connectivity index (χ4v) is 4.01. The highest BCUT2D eigenvalue weighted by Gasteiger charge is 2.21. The number of piperidine rings is 1. The Morgan fingerprint density at radius 3 is 2.62 bits per heavy atom. The van der Waals surface area contributed by atoms with E-state index in [1.165, 1.54) is 6.42 Å². The summed E-state index contributed by atoms with van der Waals surface area (Å²) >= 11 is 0. The van der Waals surface area contributed by atoms with E-state index in [1.807, 2.05) is 29.2 Å². The Balaban J connectivity index is 1.60. The van der Waals surface area contributed by atoms with Gasteiger partial charge in [-0.3, -0.25) is 9.59 Å². The number of hydrogen-bond donors (Lipinski definition) is 3. The van der Waals surface area contributed by atoms with Gasteiger partial charge in [-0.1, -0.05) is 12.1 Å². The van der Waals surface area contributed by atoms with E-state index in [2.05, 4.69) is 15.0 Å². The second-order valence-corrected chi connectivity index (χ2v) is 7.46. The molecular formula is C22H21N5O2. The van der Waals surface area contributed by atoms with Crippen LogP contribution in [-0.2, 0) is 0 Å². The summed E-state index contributed by atoms with van der Waals surface area (Å²) in [6.45, 7) is 1.59. The summed E-state index contributed by atoms with van der Waals surface area (Å²) in [5, 5.41) is 0.720. The molecule has 0 saturated carbocycles. The zero-order valence-electron chi connectivity index (χ0n) is 15.9. The molecule has 1 amide bonds. The van der Waals surface area contributed by atoms with Gasteiger partial charge in [-0.25, -0.2) is 4.98 Å². The smallest absolute Gasteiger partial charge is 0.276 e. The highest BCUT2D eigenvalue weighted by atomic mass is 16.2. The average molecular weight is 387 g/mol. The number of anilines is 1. The minimum Gasteiger partial charge on any atom is -0.396 e. The largest absolute Gasteiger partial charge is 0.396 e. The third-order valence-corrected chi connectivity index (χ3v) is 5.57. The molecule has 5 rings (SSSR count). The number of aromatic amines is 2. The van der Waals surface area contributed by atoms with E-state index >= 15 is 0 Å². The van der Waals surface area contributed by atoms with Crippen LogP contribution in [0.2, 0.25) is 0 Å². The lowest BCUT2D eigenvalue weighted by Crippen LogP contribution is -2.35. The number of H-pyrrole nitrogens is 2. The Labute approximate surface area is 166 Å². The van der Waals surface area contributed by atoms with Gasteiger partial charge in [-0.2, -0.15) is 0 Å². The van der Waals surface area contributed by atoms with Crippen LogP contribution in [0.25, 0.3) is 33.3 Å². The van der Waals surface area contributed by atoms with Crippen molar-refractivity contribution in [1.82, 2.24) is 19.9 Å². The lowest BCUT2D eigenvalue weighted by molar-refractivity contribution is 0.0724. The zero-order chi connectivity index (χ0) is 20.0. The molecule has 2 aromatic carbocycles. The fourth-order valence-electron chi connectivity index (χ4n) is 4.01. The van der Waals surface area contributed by atoms with Gasteiger partial charge in [0.2, 0.25) is 0 Å². The van der Waals surface area contributed by atoms with Gasteiger partial charge < -0.3 is 20.6 Å². The van der Waals surface area contributed by atoms with E-state index < -0.39 is 0 Å². The Kier molecular flexibility index (Phi) is 4.08. The van der Waals surface area contributed by atoms with Gasteiger partial charge >= 0.3 is 0 Å². The molecule has 4 N–H and O–H groups in total. The molecule has 0 aliphatic carbocycles. The number of fused-ring (bicyclic) bond motifs is 2. The van der Waals surface area contributed by atoms with Crippen LogP contribution in [0.3, 0.4) is 0 Å². The topological polar surface area (TPSA) is 108 Å². The Hall–Kier alpha value is -3.61. The Morgan fingerprint density at radius 2 is 1.79 bits per heavy atom. The number of nitrogens with zero attached hydrogens (tertiary/aromatic N) is 2. The molecule has 7 nitrogen and oxygen atoms in total. The van der Waals surface area contributed by atoms with Crippen molar-refractivity contribution < 1.29 is 4.79 Å². The van der Waals surface area contributed by atoms with Gasteiger partial charge in [-0.05, 0) is 49.6 Å². The number of aromatic nitrogens is 3. The molecule has 7 heteroatoms. The van der Waals surface area contributed by atoms with Gasteiger partial charge in [0, 0.05) is 29.6 Å². The number of carbonyl (C=O) groups excluding carboxylic acids is 1. The number of nitrogens with one attached hydrogen (secondary N) is 2. The van der Waals surface area contributed by atoms with Crippen LogP contribution >= 0.6 is 0 Å². The van der Waals surface area contributed by atoms with Gasteiger partial charge in [0.05, 0.1) is 22.4 Å². The summed E-state index contributed by atoms with van der Waals surface area (Å²) in [5.41, 5.74) is 9.92. The number of para-hydroxylation sites is 2. The van der Waals surface area contributed by atoms with Crippen LogP contribution in [0, 0.1) is 0 Å². The number of likely N-dealkylation sites (tertiary alicyclic amines) is 1. The quantitative estimate of drug-likeness (QED) is 0.490. The van der Waals surface area contributed by atoms with Gasteiger partial charge in [0.15, 0.2) is 5.69 Å². The lowest BCUT2D eigenvalue weighted by Gasteiger charge is -2.26. The predicted octanol–water partition coefficient (Wildman–Crippen LogP) is 3.28. The summed E-state index contributed by atoms with van der Waals surface area (Å²) in [7, 11) is 0. The minimum atomic E-state index is -0.313. The maximum atomic E-state index is 12.8. The maximum absolute atomic E-state index is 12.8. The fraction of sp³-hybridized carbons (Fsp3) is 0.227. The molecule has 2 aromatic heterocycles. The zero-order valence-corrected chi connectivity index (χ0v) is 15.9. The summed E-state index contributed by atoms with van der Waals surface area (Å²) in [5.74, 6) is 0.0235. The second kappa shape index (κ2) is 6.77. The highest BCUT2D eigenvalue weighted by Crippen LogP contribution is 2.31. The second-order valence-electron chi connectivity index (χ2n) is 7.46. The molecular weight excluding hydrogens is 366 g/mol. The first-order valence-electron chi connectivity index (χ1n) is 9.82. The molecule has 1 aliphatic rings. The number of benzene rings is 2. The molecule has 1 aliphatic heterocycles. The number of rotatable bonds is 2. The summed E-state index contributed by atoms with van der Waals surface area (Å²) in [6, 6.07) is 12.8. The first kappa shape index (κ1) is 17.5. The van der Waals surface area contributed by atoms with E-state index in [0.717, 1.165) is 36.8 Å². The van der Waals surface area contributed by atoms with Crippen LogP contribution in [0.1, 0.15) is 29.6 Å². The van der Waals surface area contributed by atoms with Crippen LogP contribution < -0.4 is 11.3 Å². The van der Waals surface area contributed by atoms with Crippen LogP contribution in [0.15, 0.2) is 47.3 Å². The molecule has 146 valence electrons. The lowest BCUT2D eigenvalue weighted by atomic mass is 10.1. The Morgan fingerprint density at radius 1 is 1.00 bits per heavy atom. The SMILES string of the molecule is Nc1c(-c2nc3ccccc3[nH]c2=O)[nH]c2ccc(C(=O)N3CCCCC3)cc12. The summed E-state index contributed by atoms with van der Waals surface area (Å²) < 4.78 is 0. The summed E-state index contributed by atoms with van der Waals surface area (Å²) in [6.07, 6.45) is 3.26. The normalized spacial score (nSPS) is 14.6. The van der Waals surface area contributed by atoms with E-state index in [9.17, 15) is 9.59 Å². The third kappa shape index (κ3) is 2.95. The molecule has 29 heavy (non-hydrogen) atoms. The van der Waals surface area contributed by atoms with Crippen LogP contribution in [-0.4, -0.2) is 38.8 Å². The number of nitrogens with two attached hydrogens (primary N) is 1. The molecule has 1 saturated heterocycles. The van der Waals surface area contributed by atoms with E-state index in [-0.39, 0.29) is 17.2 Å². The molecule has 3 heterocycles. The molecule has 4 aromatic rings. The minimum absolute atomic E-state index is 0.0235. The molecule has 0 spiro atoms. The molecule has 0 bridgehead atoms. The van der Waals surface area contributed by atoms with Gasteiger partial charge in [-0.15, -0.1) is 0 Å². The predicted molar refractivity (Wildman–Crippen MR) is 114 cm³/mol. The van der Waals surface area contributed by atoms with E-state index in [4.69, 9.17) is 5.73 Å². The van der Waals surface area contributed by atoms with Crippen molar-refractivity contribution in [3.63, 3.8) is 0 Å². The average Bonchev–Trinajstić information content (AvgIpc) is 3.09. The highest BCUT2D eigenvalue weighted by molar-refractivity contribution is 6.04. The first-order valence-corrected chi connectivity index (χ1v) is 9.82. The number of nitrogen functional groups attached to an aromatic ring is 1. The standard InChI is InChI=1S/C22H21N5O2/c23-18-14-12-13(22(29)27-10-4-1-5-11-27)8-9-15(14)24-19(18)20-21(28)26-17-7-3-2-6-16(17)25-20/h2-3,6-9,12,24H,1,4-5,10-11,23H2,(H,26,28). The monoisotopic (exact) mass is 387 g/mol. The van der Waals surface area contributed by atoms with E-state index in [0.29, 0.717) is 28.0 Å². The molecule has 1 fully saturated rings. The van der Waals surface area contributed by atoms with Crippen LogP contribution in [0.4, 0.5) is 5.69 Å². The van der Waals surface area contributed by atoms with Crippen molar-refractivity contribution in [2.75, 3.05) is 18.8 Å². The number of carbonyl (C=O) groups is 1. The van der Waals surface area contributed by atoms with Crippen molar-refractivity contribution in [1.29, 1.82) is 0 Å². The molecule has 0 atom stereocenters. The number of amides is 1.